The lowest BCUT2D eigenvalue weighted by Gasteiger charge is -2.34. The molecule has 2 fully saturated rings. The number of hydrogen-bond donors (Lipinski definition) is 1. The van der Waals surface area contributed by atoms with Gasteiger partial charge < -0.3 is 14.9 Å². The summed E-state index contributed by atoms with van der Waals surface area (Å²) in [4.78, 5) is 27.1. The first kappa shape index (κ1) is 14.2. The maximum atomic E-state index is 12.4. The van der Waals surface area contributed by atoms with E-state index in [0.29, 0.717) is 25.4 Å². The van der Waals surface area contributed by atoms with Crippen molar-refractivity contribution in [1.82, 2.24) is 9.80 Å². The Morgan fingerprint density at radius 2 is 1.68 bits per heavy atom. The van der Waals surface area contributed by atoms with Crippen LogP contribution in [0.15, 0.2) is 0 Å². The van der Waals surface area contributed by atoms with E-state index < -0.39 is 5.97 Å². The third-order valence-corrected chi connectivity index (χ3v) is 4.33. The number of amides is 2. The van der Waals surface area contributed by atoms with Crippen LogP contribution < -0.4 is 0 Å². The van der Waals surface area contributed by atoms with Gasteiger partial charge in [-0.25, -0.2) is 4.79 Å². The summed E-state index contributed by atoms with van der Waals surface area (Å²) in [5.74, 6) is -0.475. The minimum Gasteiger partial charge on any atom is -0.481 e. The highest BCUT2D eigenvalue weighted by molar-refractivity contribution is 5.76. The van der Waals surface area contributed by atoms with E-state index in [2.05, 4.69) is 6.92 Å². The topological polar surface area (TPSA) is 60.9 Å². The zero-order valence-electron chi connectivity index (χ0n) is 11.7. The lowest BCUT2D eigenvalue weighted by atomic mass is 9.98. The minimum atomic E-state index is -0.776. The highest BCUT2D eigenvalue weighted by Gasteiger charge is 2.30. The predicted molar refractivity (Wildman–Crippen MR) is 71.9 cm³/mol. The Morgan fingerprint density at radius 1 is 1.00 bits per heavy atom. The highest BCUT2D eigenvalue weighted by atomic mass is 16.4. The average molecular weight is 268 g/mol. The molecule has 1 unspecified atom stereocenters. The molecule has 19 heavy (non-hydrogen) atoms. The number of urea groups is 1. The van der Waals surface area contributed by atoms with Gasteiger partial charge in [0.25, 0.3) is 0 Å². The number of aliphatic carboxylic acids is 1. The van der Waals surface area contributed by atoms with Crippen LogP contribution in [-0.2, 0) is 4.79 Å². The zero-order valence-corrected chi connectivity index (χ0v) is 11.7. The fourth-order valence-corrected chi connectivity index (χ4v) is 3.01. The first-order valence-electron chi connectivity index (χ1n) is 7.34. The van der Waals surface area contributed by atoms with Crippen LogP contribution in [0.4, 0.5) is 4.79 Å². The molecule has 0 saturated carbocycles. The van der Waals surface area contributed by atoms with Crippen LogP contribution in [0.25, 0.3) is 0 Å². The van der Waals surface area contributed by atoms with E-state index in [9.17, 15) is 9.59 Å². The molecular formula is C14H24N2O3. The molecule has 0 aromatic heterocycles. The van der Waals surface area contributed by atoms with E-state index >= 15 is 0 Å². The first-order valence-corrected chi connectivity index (χ1v) is 7.34. The van der Waals surface area contributed by atoms with Gasteiger partial charge >= 0.3 is 12.0 Å². The molecule has 2 rings (SSSR count). The molecular weight excluding hydrogens is 244 g/mol. The van der Waals surface area contributed by atoms with Crippen molar-refractivity contribution < 1.29 is 14.7 Å². The summed E-state index contributed by atoms with van der Waals surface area (Å²) < 4.78 is 0. The molecule has 0 bridgehead atoms. The summed E-state index contributed by atoms with van der Waals surface area (Å²) in [7, 11) is 0. The number of carbonyl (C=O) groups excluding carboxylic acids is 1. The maximum Gasteiger partial charge on any atom is 0.320 e. The van der Waals surface area contributed by atoms with Crippen molar-refractivity contribution in [2.45, 2.75) is 39.0 Å². The summed E-state index contributed by atoms with van der Waals surface area (Å²) in [5.41, 5.74) is 0. The number of piperidine rings is 1. The van der Waals surface area contributed by atoms with Gasteiger partial charge in [0.1, 0.15) is 0 Å². The molecule has 1 N–H and O–H groups in total. The van der Waals surface area contributed by atoms with E-state index in [-0.39, 0.29) is 11.9 Å². The smallest absolute Gasteiger partial charge is 0.320 e. The Labute approximate surface area is 114 Å². The fraction of sp³-hybridized carbons (Fsp3) is 0.857. The Morgan fingerprint density at radius 3 is 2.42 bits per heavy atom. The Hall–Kier alpha value is -1.26. The summed E-state index contributed by atoms with van der Waals surface area (Å²) in [5, 5.41) is 9.08. The zero-order chi connectivity index (χ0) is 13.8. The van der Waals surface area contributed by atoms with Crippen molar-refractivity contribution in [2.24, 2.45) is 11.8 Å². The molecule has 2 amide bonds. The minimum absolute atomic E-state index is 0.0417. The molecule has 2 aliphatic heterocycles. The number of carboxylic acids is 1. The van der Waals surface area contributed by atoms with Gasteiger partial charge in [0.2, 0.25) is 0 Å². The quantitative estimate of drug-likeness (QED) is 0.791. The van der Waals surface area contributed by atoms with Gasteiger partial charge in [0.15, 0.2) is 0 Å². The number of rotatable bonds is 1. The first-order chi connectivity index (χ1) is 9.08. The second-order valence-corrected chi connectivity index (χ2v) is 5.93. The summed E-state index contributed by atoms with van der Waals surface area (Å²) in [6.45, 7) is 4.94. The number of nitrogens with zero attached hydrogens (tertiary/aromatic N) is 2. The lowest BCUT2D eigenvalue weighted by Crippen LogP contribution is -2.49. The molecule has 0 radical (unpaired) electrons. The summed E-state index contributed by atoms with van der Waals surface area (Å²) in [6, 6.07) is 0.0417. The van der Waals surface area contributed by atoms with Crippen LogP contribution in [0.3, 0.4) is 0 Å². The Kier molecular flexibility index (Phi) is 4.66. The van der Waals surface area contributed by atoms with Crippen LogP contribution in [0.1, 0.15) is 39.0 Å². The van der Waals surface area contributed by atoms with Gasteiger partial charge in [-0.15, -0.1) is 0 Å². The van der Waals surface area contributed by atoms with Crippen molar-refractivity contribution >= 4 is 12.0 Å². The standard InChI is InChI=1S/C14H24N2O3/c1-11-4-2-7-15(9-6-11)14(19)16-8-3-5-12(10-16)13(17)18/h11-12H,2-10H2,1H3,(H,17,18)/t11?,12-/m0/s1. The van der Waals surface area contributed by atoms with Gasteiger partial charge in [-0.2, -0.15) is 0 Å². The SMILES string of the molecule is CC1CCCN(C(=O)N2CCC[C@H](C(=O)O)C2)CC1. The normalized spacial score (nSPS) is 28.9. The third kappa shape index (κ3) is 3.61. The molecule has 0 spiro atoms. The van der Waals surface area contributed by atoms with E-state index in [1.807, 2.05) is 4.90 Å². The number of carboxylic acid groups (broad SMARTS) is 1. The Bertz CT molecular complexity index is 346. The van der Waals surface area contributed by atoms with Crippen LogP contribution in [0.5, 0.6) is 0 Å². The molecule has 0 aliphatic carbocycles. The molecule has 5 heteroatoms. The maximum absolute atomic E-state index is 12.4. The molecule has 108 valence electrons. The fourth-order valence-electron chi connectivity index (χ4n) is 3.01. The second-order valence-electron chi connectivity index (χ2n) is 5.93. The van der Waals surface area contributed by atoms with E-state index in [4.69, 9.17) is 5.11 Å². The number of hydrogen-bond acceptors (Lipinski definition) is 2. The summed E-state index contributed by atoms with van der Waals surface area (Å²) >= 11 is 0. The number of likely N-dealkylation sites (tertiary alicyclic amines) is 2. The van der Waals surface area contributed by atoms with E-state index in [1.165, 1.54) is 6.42 Å². The molecule has 0 aromatic carbocycles. The average Bonchev–Trinajstić information content (AvgIpc) is 2.63. The van der Waals surface area contributed by atoms with Gasteiger partial charge in [-0.3, -0.25) is 4.79 Å². The van der Waals surface area contributed by atoms with Crippen molar-refractivity contribution in [1.29, 1.82) is 0 Å². The molecule has 2 saturated heterocycles. The van der Waals surface area contributed by atoms with E-state index in [1.54, 1.807) is 4.90 Å². The summed E-state index contributed by atoms with van der Waals surface area (Å²) in [6.07, 6.45) is 4.79. The molecule has 2 atom stereocenters. The lowest BCUT2D eigenvalue weighted by molar-refractivity contribution is -0.143. The van der Waals surface area contributed by atoms with Crippen LogP contribution in [-0.4, -0.2) is 53.1 Å². The largest absolute Gasteiger partial charge is 0.481 e. The van der Waals surface area contributed by atoms with Crippen molar-refractivity contribution in [3.8, 4) is 0 Å². The molecule has 2 heterocycles. The van der Waals surface area contributed by atoms with Crippen LogP contribution in [0, 0.1) is 11.8 Å². The number of carbonyl (C=O) groups is 2. The third-order valence-electron chi connectivity index (χ3n) is 4.33. The highest BCUT2D eigenvalue weighted by Crippen LogP contribution is 2.21. The van der Waals surface area contributed by atoms with Crippen molar-refractivity contribution in [3.05, 3.63) is 0 Å². The van der Waals surface area contributed by atoms with Crippen molar-refractivity contribution in [2.75, 3.05) is 26.2 Å². The van der Waals surface area contributed by atoms with Gasteiger partial charge in [-0.05, 0) is 38.0 Å². The van der Waals surface area contributed by atoms with Gasteiger partial charge in [0, 0.05) is 26.2 Å². The second kappa shape index (κ2) is 6.26. The van der Waals surface area contributed by atoms with Crippen LogP contribution >= 0.6 is 0 Å². The van der Waals surface area contributed by atoms with Gasteiger partial charge in [0.05, 0.1) is 5.92 Å². The van der Waals surface area contributed by atoms with E-state index in [0.717, 1.165) is 32.4 Å². The molecule has 5 nitrogen and oxygen atoms in total. The van der Waals surface area contributed by atoms with Crippen molar-refractivity contribution in [3.63, 3.8) is 0 Å². The van der Waals surface area contributed by atoms with Crippen LogP contribution in [0.2, 0.25) is 0 Å². The van der Waals surface area contributed by atoms with Gasteiger partial charge in [-0.1, -0.05) is 6.92 Å². The molecule has 0 aromatic rings. The Balaban J connectivity index is 1.93. The predicted octanol–water partition coefficient (Wildman–Crippen LogP) is 2.03. The molecule has 2 aliphatic rings. The monoisotopic (exact) mass is 268 g/mol.